The number of rotatable bonds is 6. The molecule has 0 aliphatic heterocycles. The van der Waals surface area contributed by atoms with Gasteiger partial charge in [-0.25, -0.2) is 0 Å². The van der Waals surface area contributed by atoms with E-state index in [1.165, 1.54) is 6.20 Å². The van der Waals surface area contributed by atoms with E-state index in [4.69, 9.17) is 5.84 Å². The fraction of sp³-hybridized carbons (Fsp3) is 0.455. The first-order valence-corrected chi connectivity index (χ1v) is 5.95. The van der Waals surface area contributed by atoms with Crippen LogP contribution < -0.4 is 16.6 Å². The molecule has 8 nitrogen and oxygen atoms in total. The van der Waals surface area contributed by atoms with Gasteiger partial charge in [0.05, 0.1) is 11.6 Å². The Labute approximate surface area is 110 Å². The van der Waals surface area contributed by atoms with Crippen LogP contribution in [-0.4, -0.2) is 21.9 Å². The quantitative estimate of drug-likeness (QED) is 0.404. The largest absolute Gasteiger partial charge is 0.364 e. The number of hydrogen-bond donors (Lipinski definition) is 3. The number of nitrogens with zero attached hydrogens (tertiary/aromatic N) is 2. The Morgan fingerprint density at radius 3 is 2.63 bits per heavy atom. The molecular weight excluding hydrogens is 250 g/mol. The summed E-state index contributed by atoms with van der Waals surface area (Å²) in [7, 11) is 0. The summed E-state index contributed by atoms with van der Waals surface area (Å²) >= 11 is 0. The second-order valence-corrected chi connectivity index (χ2v) is 3.98. The van der Waals surface area contributed by atoms with Crippen LogP contribution in [-0.2, 0) is 0 Å². The van der Waals surface area contributed by atoms with Gasteiger partial charge < -0.3 is 20.9 Å². The Bertz CT molecular complexity index is 473. The zero-order valence-corrected chi connectivity index (χ0v) is 10.8. The van der Waals surface area contributed by atoms with Gasteiger partial charge in [-0.1, -0.05) is 13.8 Å². The highest BCUT2D eigenvalue weighted by molar-refractivity contribution is 6.00. The van der Waals surface area contributed by atoms with Gasteiger partial charge in [-0.3, -0.25) is 10.6 Å². The first kappa shape index (κ1) is 14.8. The standard InChI is InChI=1S/C11H17N5O3/c1-3-7(4-2)14-11(17)8-5-10(16(18)19)13-6-9(8)15-12/h5-7,15H,3-4,12H2,1-2H3,(H,14,17). The molecule has 1 aromatic heterocycles. The smallest absolute Gasteiger partial charge is 0.358 e. The summed E-state index contributed by atoms with van der Waals surface area (Å²) in [5.74, 6) is 4.47. The molecule has 0 aliphatic carbocycles. The van der Waals surface area contributed by atoms with E-state index >= 15 is 0 Å². The topological polar surface area (TPSA) is 123 Å². The van der Waals surface area contributed by atoms with Crippen molar-refractivity contribution < 1.29 is 9.72 Å². The fourth-order valence-corrected chi connectivity index (χ4v) is 1.60. The number of anilines is 1. The van der Waals surface area contributed by atoms with E-state index in [1.54, 1.807) is 0 Å². The van der Waals surface area contributed by atoms with Crippen LogP contribution in [0.5, 0.6) is 0 Å². The summed E-state index contributed by atoms with van der Waals surface area (Å²) in [6.07, 6.45) is 2.72. The van der Waals surface area contributed by atoms with Crippen molar-refractivity contribution in [3.63, 3.8) is 0 Å². The summed E-state index contributed by atoms with van der Waals surface area (Å²) in [5, 5.41) is 13.5. The van der Waals surface area contributed by atoms with Crippen molar-refractivity contribution >= 4 is 17.4 Å². The molecule has 1 heterocycles. The van der Waals surface area contributed by atoms with Gasteiger partial charge in [-0.2, -0.15) is 0 Å². The van der Waals surface area contributed by atoms with Crippen molar-refractivity contribution in [2.75, 3.05) is 5.43 Å². The number of nitrogens with one attached hydrogen (secondary N) is 2. The maximum Gasteiger partial charge on any atom is 0.364 e. The van der Waals surface area contributed by atoms with Crippen LogP contribution >= 0.6 is 0 Å². The van der Waals surface area contributed by atoms with E-state index < -0.39 is 16.6 Å². The highest BCUT2D eigenvalue weighted by atomic mass is 16.6. The zero-order chi connectivity index (χ0) is 14.4. The first-order valence-electron chi connectivity index (χ1n) is 5.95. The highest BCUT2D eigenvalue weighted by Gasteiger charge is 2.19. The van der Waals surface area contributed by atoms with Crippen molar-refractivity contribution in [2.24, 2.45) is 5.84 Å². The van der Waals surface area contributed by atoms with E-state index in [1.807, 2.05) is 13.8 Å². The maximum absolute atomic E-state index is 12.1. The minimum atomic E-state index is -0.659. The summed E-state index contributed by atoms with van der Waals surface area (Å²) in [6, 6.07) is 1.12. The number of nitrogen functional groups attached to an aromatic ring is 1. The predicted molar refractivity (Wildman–Crippen MR) is 70.5 cm³/mol. The molecule has 0 aromatic carbocycles. The number of carbonyl (C=O) groups is 1. The summed E-state index contributed by atoms with van der Waals surface area (Å²) in [6.45, 7) is 3.90. The van der Waals surface area contributed by atoms with Crippen LogP contribution in [0.3, 0.4) is 0 Å². The molecule has 0 unspecified atom stereocenters. The zero-order valence-electron chi connectivity index (χ0n) is 10.8. The number of hydrogen-bond acceptors (Lipinski definition) is 6. The minimum Gasteiger partial charge on any atom is -0.358 e. The van der Waals surface area contributed by atoms with Crippen molar-refractivity contribution in [1.82, 2.24) is 10.3 Å². The first-order chi connectivity index (χ1) is 9.03. The second kappa shape index (κ2) is 6.64. The Hall–Kier alpha value is -2.22. The van der Waals surface area contributed by atoms with Crippen LogP contribution in [0.2, 0.25) is 0 Å². The molecule has 0 saturated carbocycles. The molecule has 19 heavy (non-hydrogen) atoms. The molecule has 0 spiro atoms. The number of aromatic nitrogens is 1. The summed E-state index contributed by atoms with van der Waals surface area (Å²) in [4.78, 5) is 25.7. The normalized spacial score (nSPS) is 10.3. The van der Waals surface area contributed by atoms with E-state index in [9.17, 15) is 14.9 Å². The third-order valence-electron chi connectivity index (χ3n) is 2.80. The van der Waals surface area contributed by atoms with Gasteiger partial charge in [-0.15, -0.1) is 0 Å². The molecule has 4 N–H and O–H groups in total. The molecule has 0 saturated heterocycles. The van der Waals surface area contributed by atoms with E-state index in [-0.39, 0.29) is 17.3 Å². The molecule has 1 rings (SSSR count). The number of nitrogens with two attached hydrogens (primary N) is 1. The number of nitro groups is 1. The second-order valence-electron chi connectivity index (χ2n) is 3.98. The summed E-state index contributed by atoms with van der Waals surface area (Å²) < 4.78 is 0. The van der Waals surface area contributed by atoms with Gasteiger partial charge in [-0.05, 0) is 22.7 Å². The lowest BCUT2D eigenvalue weighted by Gasteiger charge is -2.15. The number of hydrazine groups is 1. The molecule has 0 bridgehead atoms. The van der Waals surface area contributed by atoms with Gasteiger partial charge >= 0.3 is 5.82 Å². The number of carbonyl (C=O) groups excluding carboxylic acids is 1. The van der Waals surface area contributed by atoms with E-state index in [2.05, 4.69) is 15.7 Å². The lowest BCUT2D eigenvalue weighted by atomic mass is 10.1. The molecule has 1 aromatic rings. The minimum absolute atomic E-state index is 0.0188. The third kappa shape index (κ3) is 3.62. The van der Waals surface area contributed by atoms with Crippen molar-refractivity contribution in [1.29, 1.82) is 0 Å². The van der Waals surface area contributed by atoms with Gasteiger partial charge in [0.15, 0.2) is 6.20 Å². The molecule has 104 valence electrons. The summed E-state index contributed by atoms with van der Waals surface area (Å²) in [5.41, 5.74) is 2.66. The maximum atomic E-state index is 12.1. The Kier molecular flexibility index (Phi) is 5.19. The van der Waals surface area contributed by atoms with Crippen molar-refractivity contribution in [3.05, 3.63) is 27.9 Å². The average molecular weight is 267 g/mol. The fourth-order valence-electron chi connectivity index (χ4n) is 1.60. The lowest BCUT2D eigenvalue weighted by Crippen LogP contribution is -2.34. The van der Waals surface area contributed by atoms with Crippen LogP contribution in [0, 0.1) is 10.1 Å². The van der Waals surface area contributed by atoms with Gasteiger partial charge in [0, 0.05) is 6.04 Å². The molecule has 1 amide bonds. The number of amides is 1. The van der Waals surface area contributed by atoms with Gasteiger partial charge in [0.2, 0.25) is 0 Å². The third-order valence-corrected chi connectivity index (χ3v) is 2.80. The Balaban J connectivity index is 3.05. The van der Waals surface area contributed by atoms with E-state index in [0.29, 0.717) is 0 Å². The molecule has 0 aliphatic rings. The molecular formula is C11H17N5O3. The molecule has 0 atom stereocenters. The monoisotopic (exact) mass is 267 g/mol. The van der Waals surface area contributed by atoms with Gasteiger partial charge in [0.25, 0.3) is 5.91 Å². The van der Waals surface area contributed by atoms with Crippen LogP contribution in [0.4, 0.5) is 11.5 Å². The molecule has 0 fully saturated rings. The van der Waals surface area contributed by atoms with E-state index in [0.717, 1.165) is 18.9 Å². The van der Waals surface area contributed by atoms with Crippen molar-refractivity contribution in [2.45, 2.75) is 32.7 Å². The van der Waals surface area contributed by atoms with Gasteiger partial charge in [0.1, 0.15) is 5.69 Å². The Morgan fingerprint density at radius 1 is 1.53 bits per heavy atom. The highest BCUT2D eigenvalue weighted by Crippen LogP contribution is 2.18. The van der Waals surface area contributed by atoms with Crippen LogP contribution in [0.1, 0.15) is 37.0 Å². The SMILES string of the molecule is CCC(CC)NC(=O)c1cc([N+](=O)[O-])ncc1NN. The van der Waals surface area contributed by atoms with Crippen LogP contribution in [0.25, 0.3) is 0 Å². The predicted octanol–water partition coefficient (Wildman–Crippen LogP) is 1.19. The van der Waals surface area contributed by atoms with Crippen molar-refractivity contribution in [3.8, 4) is 0 Å². The molecule has 0 radical (unpaired) electrons. The molecule has 8 heteroatoms. The lowest BCUT2D eigenvalue weighted by molar-refractivity contribution is -0.389. The number of pyridine rings is 1. The average Bonchev–Trinajstić information content (AvgIpc) is 2.43. The Morgan fingerprint density at radius 2 is 2.16 bits per heavy atom. The van der Waals surface area contributed by atoms with Crippen LogP contribution in [0.15, 0.2) is 12.3 Å².